The van der Waals surface area contributed by atoms with Crippen LogP contribution in [0, 0.1) is 12.8 Å². The summed E-state index contributed by atoms with van der Waals surface area (Å²) in [5, 5.41) is 1.45. The first-order chi connectivity index (χ1) is 13.9. The lowest BCUT2D eigenvalue weighted by Crippen LogP contribution is -2.30. The first-order valence-corrected chi connectivity index (χ1v) is 10.9. The average molecular weight is 403 g/mol. The van der Waals surface area contributed by atoms with Gasteiger partial charge in [-0.05, 0) is 60.0 Å². The van der Waals surface area contributed by atoms with E-state index in [-0.39, 0.29) is 23.9 Å². The molecule has 0 spiro atoms. The molecule has 0 aromatic heterocycles. The van der Waals surface area contributed by atoms with Crippen LogP contribution in [-0.4, -0.2) is 21.0 Å². The molecule has 3 atom stereocenters. The lowest BCUT2D eigenvalue weighted by Gasteiger charge is -2.21. The SMILES string of the molecule is CC(=O)CC1C(c2ccc3ccccc3c2)=CC(=O)C1S(=O)c1ccc(C)cc1. The minimum Gasteiger partial charge on any atom is -0.300 e. The molecule has 4 rings (SSSR count). The van der Waals surface area contributed by atoms with E-state index in [0.29, 0.717) is 4.90 Å². The number of benzene rings is 3. The number of carbonyl (C=O) groups is 2. The van der Waals surface area contributed by atoms with Crippen LogP contribution in [0.2, 0.25) is 0 Å². The van der Waals surface area contributed by atoms with Crippen LogP contribution in [0.15, 0.2) is 77.7 Å². The van der Waals surface area contributed by atoms with Gasteiger partial charge in [0.05, 0.1) is 10.8 Å². The zero-order valence-electron chi connectivity index (χ0n) is 16.4. The van der Waals surface area contributed by atoms with E-state index in [9.17, 15) is 13.8 Å². The van der Waals surface area contributed by atoms with E-state index in [2.05, 4.69) is 0 Å². The number of carbonyl (C=O) groups excluding carboxylic acids is 2. The molecule has 0 amide bonds. The summed E-state index contributed by atoms with van der Waals surface area (Å²) in [6, 6.07) is 21.5. The van der Waals surface area contributed by atoms with Gasteiger partial charge >= 0.3 is 0 Å². The van der Waals surface area contributed by atoms with Crippen molar-refractivity contribution in [3.05, 3.63) is 83.9 Å². The van der Waals surface area contributed by atoms with Gasteiger partial charge in [-0.15, -0.1) is 0 Å². The summed E-state index contributed by atoms with van der Waals surface area (Å²) in [6.07, 6.45) is 1.79. The Morgan fingerprint density at radius 2 is 1.66 bits per heavy atom. The van der Waals surface area contributed by atoms with Gasteiger partial charge in [-0.1, -0.05) is 54.1 Å². The van der Waals surface area contributed by atoms with Crippen molar-refractivity contribution >= 4 is 38.7 Å². The maximum Gasteiger partial charge on any atom is 0.172 e. The highest BCUT2D eigenvalue weighted by Gasteiger charge is 2.41. The predicted octanol–water partition coefficient (Wildman–Crippen LogP) is 4.89. The molecule has 0 radical (unpaired) electrons. The second-order valence-corrected chi connectivity index (χ2v) is 9.18. The predicted molar refractivity (Wildman–Crippen MR) is 117 cm³/mol. The Morgan fingerprint density at radius 1 is 0.966 bits per heavy atom. The Hall–Kier alpha value is -2.85. The molecule has 3 nitrogen and oxygen atoms in total. The van der Waals surface area contributed by atoms with E-state index in [1.165, 1.54) is 6.92 Å². The number of ketones is 2. The van der Waals surface area contributed by atoms with Gasteiger partial charge in [0.15, 0.2) is 5.78 Å². The molecular weight excluding hydrogens is 380 g/mol. The quantitative estimate of drug-likeness (QED) is 0.611. The molecular formula is C25H22O3S. The van der Waals surface area contributed by atoms with Crippen LogP contribution in [0.1, 0.15) is 24.5 Å². The Kier molecular flexibility index (Phi) is 5.29. The number of Topliss-reactive ketones (excluding diaryl/α,β-unsaturated/α-hetero) is 1. The number of hydrogen-bond acceptors (Lipinski definition) is 3. The summed E-state index contributed by atoms with van der Waals surface area (Å²) >= 11 is 0. The van der Waals surface area contributed by atoms with Gasteiger partial charge < -0.3 is 4.79 Å². The van der Waals surface area contributed by atoms with E-state index in [1.807, 2.05) is 61.5 Å². The highest BCUT2D eigenvalue weighted by Crippen LogP contribution is 2.39. The maximum absolute atomic E-state index is 13.3. The summed E-state index contributed by atoms with van der Waals surface area (Å²) in [6.45, 7) is 3.48. The van der Waals surface area contributed by atoms with Crippen molar-refractivity contribution < 1.29 is 13.8 Å². The molecule has 3 aromatic carbocycles. The van der Waals surface area contributed by atoms with Gasteiger partial charge in [0, 0.05) is 17.2 Å². The minimum absolute atomic E-state index is 0.0118. The topological polar surface area (TPSA) is 51.2 Å². The van der Waals surface area contributed by atoms with Crippen molar-refractivity contribution in [3.8, 4) is 0 Å². The van der Waals surface area contributed by atoms with Crippen LogP contribution in [0.4, 0.5) is 0 Å². The van der Waals surface area contributed by atoms with Crippen molar-refractivity contribution in [2.75, 3.05) is 0 Å². The van der Waals surface area contributed by atoms with E-state index < -0.39 is 16.0 Å². The van der Waals surface area contributed by atoms with Crippen molar-refractivity contribution in [2.24, 2.45) is 5.92 Å². The van der Waals surface area contributed by atoms with Crippen molar-refractivity contribution in [3.63, 3.8) is 0 Å². The molecule has 1 aliphatic rings. The molecule has 0 fully saturated rings. The van der Waals surface area contributed by atoms with Crippen LogP contribution in [0.3, 0.4) is 0 Å². The fraction of sp³-hybridized carbons (Fsp3) is 0.200. The first-order valence-electron chi connectivity index (χ1n) is 9.65. The van der Waals surface area contributed by atoms with E-state index >= 15 is 0 Å². The van der Waals surface area contributed by atoms with Crippen LogP contribution < -0.4 is 0 Å². The molecule has 0 aliphatic heterocycles. The van der Waals surface area contributed by atoms with Crippen LogP contribution >= 0.6 is 0 Å². The maximum atomic E-state index is 13.3. The minimum atomic E-state index is -1.52. The van der Waals surface area contributed by atoms with Crippen molar-refractivity contribution in [1.29, 1.82) is 0 Å². The fourth-order valence-electron chi connectivity index (χ4n) is 3.97. The van der Waals surface area contributed by atoms with E-state index in [4.69, 9.17) is 0 Å². The largest absolute Gasteiger partial charge is 0.300 e. The average Bonchev–Trinajstić information content (AvgIpc) is 3.03. The zero-order valence-corrected chi connectivity index (χ0v) is 17.2. The van der Waals surface area contributed by atoms with Crippen LogP contribution in [0.5, 0.6) is 0 Å². The summed E-state index contributed by atoms with van der Waals surface area (Å²) in [5.74, 6) is -0.566. The van der Waals surface area contributed by atoms with Crippen LogP contribution in [-0.2, 0) is 20.4 Å². The standard InChI is InChI=1S/C25H22O3S/c1-16-7-11-21(12-8-16)29(28)25-23(13-17(2)26)22(15-24(25)27)20-10-9-18-5-3-4-6-19(18)14-20/h3-12,14-15,23,25H,13H2,1-2H3. The van der Waals surface area contributed by atoms with Gasteiger partial charge in [-0.3, -0.25) is 9.00 Å². The second kappa shape index (κ2) is 7.88. The van der Waals surface area contributed by atoms with E-state index in [0.717, 1.165) is 27.5 Å². The Morgan fingerprint density at radius 3 is 2.34 bits per heavy atom. The first kappa shape index (κ1) is 19.5. The molecule has 29 heavy (non-hydrogen) atoms. The Bertz CT molecular complexity index is 1160. The highest BCUT2D eigenvalue weighted by molar-refractivity contribution is 7.86. The van der Waals surface area contributed by atoms with Gasteiger partial charge in [-0.25, -0.2) is 0 Å². The lowest BCUT2D eigenvalue weighted by atomic mass is 9.89. The summed E-state index contributed by atoms with van der Waals surface area (Å²) in [5.41, 5.74) is 2.78. The molecule has 0 saturated carbocycles. The molecule has 0 N–H and O–H groups in total. The number of fused-ring (bicyclic) bond motifs is 1. The molecule has 0 saturated heterocycles. The number of allylic oxidation sites excluding steroid dienone is 2. The van der Waals surface area contributed by atoms with Gasteiger partial charge in [-0.2, -0.15) is 0 Å². The third-order valence-electron chi connectivity index (χ3n) is 5.42. The van der Waals surface area contributed by atoms with Crippen molar-refractivity contribution in [1.82, 2.24) is 0 Å². The smallest absolute Gasteiger partial charge is 0.172 e. The lowest BCUT2D eigenvalue weighted by molar-refractivity contribution is -0.117. The Labute approximate surface area is 172 Å². The third kappa shape index (κ3) is 3.85. The number of hydrogen-bond donors (Lipinski definition) is 0. The van der Waals surface area contributed by atoms with E-state index in [1.54, 1.807) is 18.2 Å². The van der Waals surface area contributed by atoms with Crippen molar-refractivity contribution in [2.45, 2.75) is 30.4 Å². The number of aryl methyl sites for hydroxylation is 1. The molecule has 0 bridgehead atoms. The molecule has 1 aliphatic carbocycles. The highest BCUT2D eigenvalue weighted by atomic mass is 32.2. The molecule has 0 heterocycles. The number of rotatable bonds is 5. The normalized spacial score (nSPS) is 19.9. The van der Waals surface area contributed by atoms with Gasteiger partial charge in [0.2, 0.25) is 0 Å². The second-order valence-electron chi connectivity index (χ2n) is 7.61. The molecule has 146 valence electrons. The fourth-order valence-corrected chi connectivity index (χ4v) is 5.49. The summed E-state index contributed by atoms with van der Waals surface area (Å²) < 4.78 is 13.3. The molecule has 4 heteroatoms. The monoisotopic (exact) mass is 402 g/mol. The molecule has 3 aromatic rings. The zero-order chi connectivity index (χ0) is 20.5. The third-order valence-corrected chi connectivity index (χ3v) is 7.18. The van der Waals surface area contributed by atoms with Crippen LogP contribution in [0.25, 0.3) is 16.3 Å². The van der Waals surface area contributed by atoms with Gasteiger partial charge in [0.25, 0.3) is 0 Å². The Balaban J connectivity index is 1.74. The summed E-state index contributed by atoms with van der Waals surface area (Å²) in [4.78, 5) is 25.5. The summed E-state index contributed by atoms with van der Waals surface area (Å²) in [7, 11) is -1.52. The molecule has 3 unspecified atom stereocenters. The van der Waals surface area contributed by atoms with Gasteiger partial charge in [0.1, 0.15) is 11.0 Å².